The first-order valence-electron chi connectivity index (χ1n) is 7.38. The molecule has 0 aliphatic carbocycles. The van der Waals surface area contributed by atoms with E-state index in [4.69, 9.17) is 4.42 Å². The second-order valence-corrected chi connectivity index (χ2v) is 6.37. The highest BCUT2D eigenvalue weighted by atomic mass is 79.9. The molecule has 1 aliphatic rings. The van der Waals surface area contributed by atoms with E-state index >= 15 is 0 Å². The van der Waals surface area contributed by atoms with Crippen molar-refractivity contribution < 1.29 is 4.42 Å². The smallest absolute Gasteiger partial charge is 0.135 e. The predicted octanol–water partition coefficient (Wildman–Crippen LogP) is 3.81. The summed E-state index contributed by atoms with van der Waals surface area (Å²) in [4.78, 5) is 2.45. The molecule has 0 spiro atoms. The monoisotopic (exact) mass is 328 g/mol. The molecule has 0 bridgehead atoms. The lowest BCUT2D eigenvalue weighted by atomic mass is 9.93. The summed E-state index contributed by atoms with van der Waals surface area (Å²) in [6.07, 6.45) is 6.86. The third-order valence-electron chi connectivity index (χ3n) is 4.00. The molecule has 2 unspecified atom stereocenters. The highest BCUT2D eigenvalue weighted by Crippen LogP contribution is 2.37. The lowest BCUT2D eigenvalue weighted by Crippen LogP contribution is -2.35. The zero-order valence-electron chi connectivity index (χ0n) is 12.0. The van der Waals surface area contributed by atoms with E-state index in [0.717, 1.165) is 29.9 Å². The van der Waals surface area contributed by atoms with Gasteiger partial charge < -0.3 is 9.73 Å². The van der Waals surface area contributed by atoms with Crippen molar-refractivity contribution in [1.82, 2.24) is 10.2 Å². The van der Waals surface area contributed by atoms with E-state index in [2.05, 4.69) is 40.1 Å². The average Bonchev–Trinajstić information content (AvgIpc) is 2.72. The molecule has 0 amide bonds. The third kappa shape index (κ3) is 3.83. The summed E-state index contributed by atoms with van der Waals surface area (Å²) < 4.78 is 6.85. The van der Waals surface area contributed by atoms with Gasteiger partial charge in [0.05, 0.1) is 16.8 Å². The lowest BCUT2D eigenvalue weighted by molar-refractivity contribution is 0.162. The van der Waals surface area contributed by atoms with Crippen LogP contribution in [0.1, 0.15) is 44.4 Å². The maximum absolute atomic E-state index is 5.75. The topological polar surface area (TPSA) is 28.4 Å². The van der Waals surface area contributed by atoms with Gasteiger partial charge in [0.2, 0.25) is 0 Å². The van der Waals surface area contributed by atoms with Gasteiger partial charge in [-0.05, 0) is 73.9 Å². The molecule has 2 heterocycles. The summed E-state index contributed by atoms with van der Waals surface area (Å²) in [5, 5.41) is 3.58. The lowest BCUT2D eigenvalue weighted by Gasteiger charge is -2.31. The van der Waals surface area contributed by atoms with Crippen molar-refractivity contribution >= 4 is 15.9 Å². The fourth-order valence-corrected chi connectivity index (χ4v) is 3.47. The van der Waals surface area contributed by atoms with Gasteiger partial charge in [0.15, 0.2) is 0 Å². The van der Waals surface area contributed by atoms with Crippen molar-refractivity contribution in [3.63, 3.8) is 0 Å². The molecule has 1 N–H and O–H groups in total. The van der Waals surface area contributed by atoms with Crippen LogP contribution >= 0.6 is 15.9 Å². The molecule has 19 heavy (non-hydrogen) atoms. The van der Waals surface area contributed by atoms with Gasteiger partial charge in [-0.1, -0.05) is 13.3 Å². The van der Waals surface area contributed by atoms with E-state index in [1.54, 1.807) is 6.26 Å². The number of nitrogens with zero attached hydrogens (tertiary/aromatic N) is 1. The molecule has 0 radical (unpaired) electrons. The van der Waals surface area contributed by atoms with Crippen LogP contribution in [0.2, 0.25) is 0 Å². The summed E-state index contributed by atoms with van der Waals surface area (Å²) in [5.41, 5.74) is 0. The van der Waals surface area contributed by atoms with Gasteiger partial charge in [-0.2, -0.15) is 0 Å². The fraction of sp³-hybridized carbons (Fsp3) is 0.733. The summed E-state index contributed by atoms with van der Waals surface area (Å²) in [6.45, 7) is 5.55. The third-order valence-corrected chi connectivity index (χ3v) is 4.66. The molecule has 1 fully saturated rings. The molecule has 0 aromatic carbocycles. The van der Waals surface area contributed by atoms with Crippen LogP contribution in [0.3, 0.4) is 0 Å². The number of furan rings is 1. The maximum atomic E-state index is 5.75. The molecule has 1 aromatic rings. The Bertz CT molecular complexity index is 380. The Morgan fingerprint density at radius 2 is 2.32 bits per heavy atom. The largest absolute Gasteiger partial charge is 0.466 e. The highest BCUT2D eigenvalue weighted by Gasteiger charge is 2.32. The molecule has 1 aliphatic heterocycles. The molecule has 3 nitrogen and oxygen atoms in total. The summed E-state index contributed by atoms with van der Waals surface area (Å²) in [7, 11) is 2.22. The van der Waals surface area contributed by atoms with Crippen LogP contribution in [0.5, 0.6) is 0 Å². The Hall–Kier alpha value is -0.320. The number of likely N-dealkylation sites (tertiary alicyclic amines) is 1. The molecule has 108 valence electrons. The minimum Gasteiger partial charge on any atom is -0.466 e. The van der Waals surface area contributed by atoms with E-state index in [1.807, 2.05) is 6.07 Å². The Morgan fingerprint density at radius 1 is 1.47 bits per heavy atom. The molecule has 0 saturated carbocycles. The number of nitrogens with one attached hydrogen (secondary N) is 1. The van der Waals surface area contributed by atoms with Crippen LogP contribution in [0, 0.1) is 5.92 Å². The van der Waals surface area contributed by atoms with Crippen LogP contribution in [-0.4, -0.2) is 31.6 Å². The number of hydrogen-bond donors (Lipinski definition) is 1. The van der Waals surface area contributed by atoms with E-state index < -0.39 is 0 Å². The Kier molecular flexibility index (Phi) is 5.92. The predicted molar refractivity (Wildman–Crippen MR) is 82.3 cm³/mol. The Balaban J connectivity index is 2.13. The van der Waals surface area contributed by atoms with Gasteiger partial charge in [0.25, 0.3) is 0 Å². The minimum atomic E-state index is 0.385. The molecule has 1 aromatic heterocycles. The van der Waals surface area contributed by atoms with E-state index in [1.165, 1.54) is 25.7 Å². The number of hydrogen-bond acceptors (Lipinski definition) is 3. The second-order valence-electron chi connectivity index (χ2n) is 5.52. The summed E-state index contributed by atoms with van der Waals surface area (Å²) >= 11 is 3.62. The SMILES string of the molecule is CCCNCC1CCCCN(C)C1c1occc1Br. The Labute approximate surface area is 124 Å². The Morgan fingerprint density at radius 3 is 3.00 bits per heavy atom. The average molecular weight is 329 g/mol. The van der Waals surface area contributed by atoms with Crippen LogP contribution in [0.15, 0.2) is 21.2 Å². The van der Waals surface area contributed by atoms with Gasteiger partial charge in [0, 0.05) is 0 Å². The van der Waals surface area contributed by atoms with Gasteiger partial charge in [-0.3, -0.25) is 4.90 Å². The summed E-state index contributed by atoms with van der Waals surface area (Å²) in [6, 6.07) is 2.39. The van der Waals surface area contributed by atoms with Crippen molar-refractivity contribution in [2.24, 2.45) is 5.92 Å². The van der Waals surface area contributed by atoms with Gasteiger partial charge in [0.1, 0.15) is 5.76 Å². The first kappa shape index (κ1) is 15.1. The van der Waals surface area contributed by atoms with Gasteiger partial charge in [-0.15, -0.1) is 0 Å². The fourth-order valence-electron chi connectivity index (χ4n) is 3.03. The van der Waals surface area contributed by atoms with Crippen LogP contribution < -0.4 is 5.32 Å². The normalized spacial score (nSPS) is 25.4. The van der Waals surface area contributed by atoms with Crippen molar-refractivity contribution in [2.45, 2.75) is 38.6 Å². The molecule has 1 saturated heterocycles. The van der Waals surface area contributed by atoms with E-state index in [9.17, 15) is 0 Å². The van der Waals surface area contributed by atoms with Crippen LogP contribution in [0.25, 0.3) is 0 Å². The number of rotatable bonds is 5. The first-order valence-corrected chi connectivity index (χ1v) is 8.17. The molecule has 2 rings (SSSR count). The van der Waals surface area contributed by atoms with E-state index in [0.29, 0.717) is 12.0 Å². The molecular weight excluding hydrogens is 304 g/mol. The van der Waals surface area contributed by atoms with Crippen molar-refractivity contribution in [1.29, 1.82) is 0 Å². The zero-order chi connectivity index (χ0) is 13.7. The van der Waals surface area contributed by atoms with Gasteiger partial charge >= 0.3 is 0 Å². The van der Waals surface area contributed by atoms with Crippen LogP contribution in [0.4, 0.5) is 0 Å². The van der Waals surface area contributed by atoms with E-state index in [-0.39, 0.29) is 0 Å². The first-order chi connectivity index (χ1) is 9.24. The van der Waals surface area contributed by atoms with Gasteiger partial charge in [-0.25, -0.2) is 0 Å². The molecular formula is C15H25BrN2O. The van der Waals surface area contributed by atoms with Crippen LogP contribution in [-0.2, 0) is 0 Å². The second kappa shape index (κ2) is 7.46. The molecule has 2 atom stereocenters. The summed E-state index contributed by atoms with van der Waals surface area (Å²) in [5.74, 6) is 1.72. The number of halogens is 1. The van der Waals surface area contributed by atoms with Crippen molar-refractivity contribution in [2.75, 3.05) is 26.7 Å². The van der Waals surface area contributed by atoms with Crippen molar-refractivity contribution in [3.8, 4) is 0 Å². The highest BCUT2D eigenvalue weighted by molar-refractivity contribution is 9.10. The maximum Gasteiger partial charge on any atom is 0.135 e. The quantitative estimate of drug-likeness (QED) is 0.833. The standard InChI is InChI=1S/C15H25BrN2O/c1-3-8-17-11-12-6-4-5-9-18(2)14(12)15-13(16)7-10-19-15/h7,10,12,14,17H,3-6,8-9,11H2,1-2H3. The molecule has 4 heteroatoms. The zero-order valence-corrected chi connectivity index (χ0v) is 13.6. The van der Waals surface area contributed by atoms with Crippen molar-refractivity contribution in [3.05, 3.63) is 22.6 Å². The minimum absolute atomic E-state index is 0.385.